The summed E-state index contributed by atoms with van der Waals surface area (Å²) < 4.78 is 27.1. The van der Waals surface area contributed by atoms with Crippen molar-refractivity contribution in [1.29, 1.82) is 0 Å². The van der Waals surface area contributed by atoms with Gasteiger partial charge in [-0.1, -0.05) is 54.6 Å². The molecule has 4 rings (SSSR count). The molecule has 0 aliphatic carbocycles. The van der Waals surface area contributed by atoms with Crippen LogP contribution in [0, 0.1) is 0 Å². The lowest BCUT2D eigenvalue weighted by atomic mass is 10.1. The highest BCUT2D eigenvalue weighted by Gasteiger charge is 2.36. The number of amides is 1. The third-order valence-electron chi connectivity index (χ3n) is 5.08. The van der Waals surface area contributed by atoms with E-state index in [0.29, 0.717) is 11.1 Å². The van der Waals surface area contributed by atoms with Crippen molar-refractivity contribution in [3.63, 3.8) is 0 Å². The molecule has 1 aliphatic heterocycles. The van der Waals surface area contributed by atoms with E-state index in [2.05, 4.69) is 17.4 Å². The van der Waals surface area contributed by atoms with Crippen LogP contribution in [0.25, 0.3) is 10.8 Å². The Morgan fingerprint density at radius 1 is 1.00 bits per heavy atom. The minimum atomic E-state index is -3.71. The van der Waals surface area contributed by atoms with Crippen LogP contribution in [0.4, 0.5) is 5.69 Å². The lowest BCUT2D eigenvalue weighted by Crippen LogP contribution is -2.42. The fourth-order valence-corrected chi connectivity index (χ4v) is 5.35. The fraction of sp³-hybridized carbons (Fsp3) is 0.227. The maximum atomic E-state index is 12.9. The maximum absolute atomic E-state index is 12.9. The Morgan fingerprint density at radius 2 is 1.71 bits per heavy atom. The normalized spacial score (nSPS) is 15.5. The zero-order valence-electron chi connectivity index (χ0n) is 15.6. The number of rotatable bonds is 6. The molecule has 0 unspecified atom stereocenters. The Hall–Kier alpha value is -2.86. The first-order chi connectivity index (χ1) is 13.5. The second kappa shape index (κ2) is 7.28. The topological polar surface area (TPSA) is 66.5 Å². The summed E-state index contributed by atoms with van der Waals surface area (Å²) in [6, 6.07) is 20.7. The lowest BCUT2D eigenvalue weighted by Gasteiger charge is -2.20. The van der Waals surface area contributed by atoms with Gasteiger partial charge >= 0.3 is 0 Å². The Balaban J connectivity index is 1.46. The van der Waals surface area contributed by atoms with Gasteiger partial charge in [-0.15, -0.1) is 0 Å². The number of hydrogen-bond acceptors (Lipinski definition) is 3. The summed E-state index contributed by atoms with van der Waals surface area (Å²) >= 11 is 0. The summed E-state index contributed by atoms with van der Waals surface area (Å²) in [6.45, 7) is 1.72. The van der Waals surface area contributed by atoms with Crippen molar-refractivity contribution < 1.29 is 13.2 Å². The number of nitrogens with one attached hydrogen (secondary N) is 1. The fourth-order valence-electron chi connectivity index (χ4n) is 3.68. The molecule has 1 aliphatic rings. The highest BCUT2D eigenvalue weighted by Crippen LogP contribution is 2.41. The van der Waals surface area contributed by atoms with E-state index >= 15 is 0 Å². The first-order valence-corrected chi connectivity index (χ1v) is 10.8. The summed E-state index contributed by atoms with van der Waals surface area (Å²) in [5, 5.41) is 4.48. The molecule has 3 aromatic carbocycles. The number of anilines is 1. The van der Waals surface area contributed by atoms with Crippen LogP contribution < -0.4 is 9.62 Å². The van der Waals surface area contributed by atoms with Crippen molar-refractivity contribution in [2.75, 3.05) is 10.8 Å². The van der Waals surface area contributed by atoms with Crippen LogP contribution in [0.15, 0.2) is 71.6 Å². The molecule has 5 nitrogen and oxygen atoms in total. The third kappa shape index (κ3) is 3.36. The molecule has 1 heterocycles. The molecular formula is C22H22N2O3S. The summed E-state index contributed by atoms with van der Waals surface area (Å²) in [6.07, 6.45) is 1.65. The van der Waals surface area contributed by atoms with Gasteiger partial charge in [0.05, 0.1) is 10.6 Å². The maximum Gasteiger partial charge on any atom is 0.265 e. The molecule has 3 aromatic rings. The molecular weight excluding hydrogens is 372 g/mol. The monoisotopic (exact) mass is 394 g/mol. The lowest BCUT2D eigenvalue weighted by molar-refractivity contribution is -0.120. The molecule has 1 N–H and O–H groups in total. The van der Waals surface area contributed by atoms with Gasteiger partial charge in [0, 0.05) is 11.4 Å². The molecule has 144 valence electrons. The minimum Gasteiger partial charge on any atom is -0.352 e. The smallest absolute Gasteiger partial charge is 0.265 e. The third-order valence-corrected chi connectivity index (χ3v) is 6.89. The molecule has 0 spiro atoms. The van der Waals surface area contributed by atoms with Crippen molar-refractivity contribution in [2.24, 2.45) is 0 Å². The quantitative estimate of drug-likeness (QED) is 0.696. The SMILES string of the molecule is C[C@H](CCc1ccccc1)NC(=O)CN1c2cccc3cccc(c23)S1(=O)=O. The number of carbonyl (C=O) groups is 1. The molecule has 0 fully saturated rings. The van der Waals surface area contributed by atoms with E-state index in [0.717, 1.165) is 18.2 Å². The first kappa shape index (κ1) is 18.5. The Kier molecular flexibility index (Phi) is 4.81. The molecule has 0 saturated carbocycles. The number of benzene rings is 3. The summed E-state index contributed by atoms with van der Waals surface area (Å²) in [5.41, 5.74) is 1.79. The second-order valence-electron chi connectivity index (χ2n) is 7.14. The predicted octanol–water partition coefficient (Wildman–Crippen LogP) is 3.49. The summed E-state index contributed by atoms with van der Waals surface area (Å²) in [5.74, 6) is -0.297. The summed E-state index contributed by atoms with van der Waals surface area (Å²) in [7, 11) is -3.71. The van der Waals surface area contributed by atoms with E-state index in [1.54, 1.807) is 18.2 Å². The van der Waals surface area contributed by atoms with Gasteiger partial charge in [0.25, 0.3) is 10.0 Å². The molecule has 1 atom stereocenters. The highest BCUT2D eigenvalue weighted by atomic mass is 32.2. The van der Waals surface area contributed by atoms with Crippen LogP contribution in [0.3, 0.4) is 0 Å². The van der Waals surface area contributed by atoms with Gasteiger partial charge in [0.2, 0.25) is 5.91 Å². The van der Waals surface area contributed by atoms with E-state index in [4.69, 9.17) is 0 Å². The highest BCUT2D eigenvalue weighted by molar-refractivity contribution is 7.93. The van der Waals surface area contributed by atoms with Crippen LogP contribution in [-0.2, 0) is 21.2 Å². The van der Waals surface area contributed by atoms with Crippen LogP contribution >= 0.6 is 0 Å². The van der Waals surface area contributed by atoms with Crippen molar-refractivity contribution in [2.45, 2.75) is 30.7 Å². The molecule has 28 heavy (non-hydrogen) atoms. The number of carbonyl (C=O) groups excluding carboxylic acids is 1. The van der Waals surface area contributed by atoms with Gasteiger partial charge in [0.15, 0.2) is 0 Å². The Bertz CT molecular complexity index is 1120. The van der Waals surface area contributed by atoms with Crippen LogP contribution in [0.2, 0.25) is 0 Å². The average molecular weight is 394 g/mol. The van der Waals surface area contributed by atoms with Crippen molar-refractivity contribution in [3.8, 4) is 0 Å². The zero-order valence-corrected chi connectivity index (χ0v) is 16.4. The van der Waals surface area contributed by atoms with E-state index in [1.807, 2.05) is 43.3 Å². The van der Waals surface area contributed by atoms with E-state index in [-0.39, 0.29) is 23.4 Å². The van der Waals surface area contributed by atoms with Crippen molar-refractivity contribution in [1.82, 2.24) is 5.32 Å². The molecule has 0 radical (unpaired) electrons. The Morgan fingerprint density at radius 3 is 2.46 bits per heavy atom. The van der Waals surface area contributed by atoms with Gasteiger partial charge in [-0.3, -0.25) is 9.10 Å². The van der Waals surface area contributed by atoms with E-state index < -0.39 is 10.0 Å². The van der Waals surface area contributed by atoms with Gasteiger partial charge in [-0.25, -0.2) is 8.42 Å². The largest absolute Gasteiger partial charge is 0.352 e. The number of sulfonamides is 1. The van der Waals surface area contributed by atoms with Crippen molar-refractivity contribution >= 4 is 32.4 Å². The average Bonchev–Trinajstić information content (AvgIpc) is 2.91. The van der Waals surface area contributed by atoms with Gasteiger partial charge in [-0.2, -0.15) is 0 Å². The minimum absolute atomic E-state index is 0.0452. The Labute approximate surface area is 165 Å². The molecule has 0 saturated heterocycles. The zero-order chi connectivity index (χ0) is 19.7. The first-order valence-electron chi connectivity index (χ1n) is 9.34. The van der Waals surface area contributed by atoms with Gasteiger partial charge in [0.1, 0.15) is 6.54 Å². The van der Waals surface area contributed by atoms with Crippen molar-refractivity contribution in [3.05, 3.63) is 72.3 Å². The van der Waals surface area contributed by atoms with Crippen LogP contribution in [0.1, 0.15) is 18.9 Å². The molecule has 0 bridgehead atoms. The number of nitrogens with zero attached hydrogens (tertiary/aromatic N) is 1. The van der Waals surface area contributed by atoms with Crippen LogP contribution in [-0.4, -0.2) is 26.9 Å². The van der Waals surface area contributed by atoms with E-state index in [1.165, 1.54) is 9.87 Å². The standard InChI is InChI=1S/C22H22N2O3S/c1-16(13-14-17-7-3-2-4-8-17)23-21(25)15-24-19-11-5-9-18-10-6-12-20(22(18)19)28(24,26)27/h2-12,16H,13-15H2,1H3,(H,23,25)/t16-/m1/s1. The molecule has 6 heteroatoms. The summed E-state index contributed by atoms with van der Waals surface area (Å²) in [4.78, 5) is 12.8. The van der Waals surface area contributed by atoms with Crippen LogP contribution in [0.5, 0.6) is 0 Å². The number of hydrogen-bond donors (Lipinski definition) is 1. The molecule has 0 aromatic heterocycles. The number of aryl methyl sites for hydroxylation is 1. The van der Waals surface area contributed by atoms with E-state index in [9.17, 15) is 13.2 Å². The molecule has 1 amide bonds. The second-order valence-corrected chi connectivity index (χ2v) is 8.97. The predicted molar refractivity (Wildman–Crippen MR) is 111 cm³/mol. The van der Waals surface area contributed by atoms with Gasteiger partial charge < -0.3 is 5.32 Å². The van der Waals surface area contributed by atoms with Gasteiger partial charge in [-0.05, 0) is 42.8 Å².